The summed E-state index contributed by atoms with van der Waals surface area (Å²) in [7, 11) is 0. The molecule has 0 saturated heterocycles. The molecule has 0 radical (unpaired) electrons. The smallest absolute Gasteiger partial charge is 0.340 e. The van der Waals surface area contributed by atoms with E-state index in [4.69, 9.17) is 15.2 Å². The van der Waals surface area contributed by atoms with Crippen molar-refractivity contribution in [3.63, 3.8) is 0 Å². The van der Waals surface area contributed by atoms with E-state index < -0.39 is 17.7 Å². The molecule has 0 fully saturated rings. The molecular formula is C22H25FN2O4. The van der Waals surface area contributed by atoms with Crippen molar-refractivity contribution < 1.29 is 18.7 Å². The van der Waals surface area contributed by atoms with Crippen molar-refractivity contribution in [1.82, 2.24) is 4.57 Å². The minimum absolute atomic E-state index is 0.0626. The summed E-state index contributed by atoms with van der Waals surface area (Å²) >= 11 is 0. The van der Waals surface area contributed by atoms with E-state index in [1.165, 1.54) is 12.1 Å². The summed E-state index contributed by atoms with van der Waals surface area (Å²) in [6.07, 6.45) is 1.52. The summed E-state index contributed by atoms with van der Waals surface area (Å²) in [6, 6.07) is 7.78. The van der Waals surface area contributed by atoms with Gasteiger partial charge in [0.25, 0.3) is 5.56 Å². The standard InChI is InChI=1S/C22H25FN2O4/c1-4-9-13-12-16-18(21(26)25(13)5-2)17(14-10-7-8-11-15(14)23)19(20(24)29-16)22(27)28-6-3/h7-8,10-12,17H,4-6,9,24H2,1-3H3. The highest BCUT2D eigenvalue weighted by Gasteiger charge is 2.39. The molecule has 2 aromatic rings. The normalized spacial score (nSPS) is 15.7. The third-order valence-corrected chi connectivity index (χ3v) is 4.98. The summed E-state index contributed by atoms with van der Waals surface area (Å²) in [6.45, 7) is 6.09. The Morgan fingerprint density at radius 3 is 2.62 bits per heavy atom. The zero-order valence-electron chi connectivity index (χ0n) is 16.8. The van der Waals surface area contributed by atoms with Crippen LogP contribution >= 0.6 is 0 Å². The van der Waals surface area contributed by atoms with E-state index in [2.05, 4.69) is 0 Å². The van der Waals surface area contributed by atoms with Crippen LogP contribution in [0, 0.1) is 5.82 Å². The molecule has 7 heteroatoms. The summed E-state index contributed by atoms with van der Waals surface area (Å²) in [4.78, 5) is 26.1. The lowest BCUT2D eigenvalue weighted by Crippen LogP contribution is -2.35. The molecule has 1 aromatic carbocycles. The zero-order chi connectivity index (χ0) is 21.1. The van der Waals surface area contributed by atoms with Crippen LogP contribution < -0.4 is 16.0 Å². The fourth-order valence-electron chi connectivity index (χ4n) is 3.76. The number of ether oxygens (including phenoxy) is 2. The molecule has 0 bridgehead atoms. The van der Waals surface area contributed by atoms with Crippen LogP contribution in [-0.2, 0) is 22.5 Å². The summed E-state index contributed by atoms with van der Waals surface area (Å²) < 4.78 is 27.2. The Balaban J connectivity index is 2.34. The van der Waals surface area contributed by atoms with Crippen molar-refractivity contribution in [2.24, 2.45) is 5.73 Å². The Kier molecular flexibility index (Phi) is 6.06. The Morgan fingerprint density at radius 1 is 1.28 bits per heavy atom. The number of hydrogen-bond acceptors (Lipinski definition) is 5. The number of benzene rings is 1. The first-order valence-corrected chi connectivity index (χ1v) is 9.80. The molecule has 2 N–H and O–H groups in total. The maximum atomic E-state index is 14.8. The van der Waals surface area contributed by atoms with Gasteiger partial charge in [0.2, 0.25) is 5.88 Å². The van der Waals surface area contributed by atoms with Gasteiger partial charge in [0.15, 0.2) is 0 Å². The van der Waals surface area contributed by atoms with Gasteiger partial charge in [-0.25, -0.2) is 9.18 Å². The van der Waals surface area contributed by atoms with Crippen LogP contribution in [0.5, 0.6) is 5.75 Å². The molecule has 2 heterocycles. The molecule has 29 heavy (non-hydrogen) atoms. The fourth-order valence-corrected chi connectivity index (χ4v) is 3.76. The highest BCUT2D eigenvalue weighted by molar-refractivity contribution is 5.92. The van der Waals surface area contributed by atoms with Crippen LogP contribution in [0.4, 0.5) is 4.39 Å². The molecular weight excluding hydrogens is 375 g/mol. The van der Waals surface area contributed by atoms with E-state index in [0.29, 0.717) is 13.0 Å². The summed E-state index contributed by atoms with van der Waals surface area (Å²) in [5, 5.41) is 0. The van der Waals surface area contributed by atoms with Gasteiger partial charge >= 0.3 is 5.97 Å². The molecule has 1 unspecified atom stereocenters. The van der Waals surface area contributed by atoms with Gasteiger partial charge in [-0.3, -0.25) is 4.79 Å². The quantitative estimate of drug-likeness (QED) is 0.753. The number of fused-ring (bicyclic) bond motifs is 1. The number of aryl methyl sites for hydroxylation is 1. The first-order valence-electron chi connectivity index (χ1n) is 9.80. The number of hydrogen-bond donors (Lipinski definition) is 1. The summed E-state index contributed by atoms with van der Waals surface area (Å²) in [5.41, 5.74) is 6.85. The second kappa shape index (κ2) is 8.51. The minimum Gasteiger partial charge on any atom is -0.462 e. The number of aromatic nitrogens is 1. The van der Waals surface area contributed by atoms with Gasteiger partial charge in [-0.15, -0.1) is 0 Å². The number of pyridine rings is 1. The van der Waals surface area contributed by atoms with Gasteiger partial charge in [0.05, 0.1) is 18.1 Å². The molecule has 1 aliphatic heterocycles. The molecule has 1 aromatic heterocycles. The van der Waals surface area contributed by atoms with Crippen molar-refractivity contribution >= 4 is 5.97 Å². The van der Waals surface area contributed by atoms with E-state index in [1.807, 2.05) is 13.8 Å². The van der Waals surface area contributed by atoms with Crippen LogP contribution in [0.3, 0.4) is 0 Å². The first kappa shape index (κ1) is 20.6. The molecule has 0 amide bonds. The van der Waals surface area contributed by atoms with Gasteiger partial charge in [0, 0.05) is 23.9 Å². The maximum Gasteiger partial charge on any atom is 0.340 e. The second-order valence-electron chi connectivity index (χ2n) is 6.77. The Hall–Kier alpha value is -3.09. The predicted octanol–water partition coefficient (Wildman–Crippen LogP) is 3.22. The highest BCUT2D eigenvalue weighted by Crippen LogP contribution is 2.42. The third-order valence-electron chi connectivity index (χ3n) is 4.98. The van der Waals surface area contributed by atoms with Crippen LogP contribution in [0.2, 0.25) is 0 Å². The number of nitrogens with zero attached hydrogens (tertiary/aromatic N) is 1. The highest BCUT2D eigenvalue weighted by atomic mass is 19.1. The van der Waals surface area contributed by atoms with Crippen molar-refractivity contribution in [3.05, 3.63) is 74.8 Å². The predicted molar refractivity (Wildman–Crippen MR) is 107 cm³/mol. The average Bonchev–Trinajstić information content (AvgIpc) is 2.68. The van der Waals surface area contributed by atoms with Crippen molar-refractivity contribution in [3.8, 4) is 5.75 Å². The van der Waals surface area contributed by atoms with Gasteiger partial charge in [-0.1, -0.05) is 31.5 Å². The molecule has 154 valence electrons. The van der Waals surface area contributed by atoms with Gasteiger partial charge in [-0.05, 0) is 26.3 Å². The van der Waals surface area contributed by atoms with Crippen molar-refractivity contribution in [1.29, 1.82) is 0 Å². The van der Waals surface area contributed by atoms with E-state index in [1.54, 1.807) is 29.7 Å². The third kappa shape index (κ3) is 3.64. The average molecular weight is 400 g/mol. The number of esters is 1. The van der Waals surface area contributed by atoms with E-state index in [9.17, 15) is 14.0 Å². The van der Waals surface area contributed by atoms with Crippen LogP contribution in [0.25, 0.3) is 0 Å². The van der Waals surface area contributed by atoms with Gasteiger partial charge < -0.3 is 19.8 Å². The maximum absolute atomic E-state index is 14.8. The molecule has 1 aliphatic rings. The SMILES string of the molecule is CCCc1cc2c(c(=O)n1CC)C(c1ccccc1F)C(C(=O)OCC)=C(N)O2. The molecule has 0 saturated carbocycles. The first-order chi connectivity index (χ1) is 13.9. The molecule has 1 atom stereocenters. The lowest BCUT2D eigenvalue weighted by molar-refractivity contribution is -0.139. The molecule has 0 aliphatic carbocycles. The van der Waals surface area contributed by atoms with Crippen LogP contribution in [-0.4, -0.2) is 17.1 Å². The zero-order valence-corrected chi connectivity index (χ0v) is 16.8. The monoisotopic (exact) mass is 400 g/mol. The Bertz CT molecular complexity index is 1030. The largest absolute Gasteiger partial charge is 0.462 e. The molecule has 0 spiro atoms. The Labute approximate surface area is 168 Å². The van der Waals surface area contributed by atoms with Crippen molar-refractivity contribution in [2.75, 3.05) is 6.61 Å². The van der Waals surface area contributed by atoms with Gasteiger partial charge in [-0.2, -0.15) is 0 Å². The number of carbonyl (C=O) groups is 1. The Morgan fingerprint density at radius 2 is 2.00 bits per heavy atom. The fraction of sp³-hybridized carbons (Fsp3) is 0.364. The van der Waals surface area contributed by atoms with Crippen LogP contribution in [0.1, 0.15) is 49.9 Å². The van der Waals surface area contributed by atoms with Gasteiger partial charge in [0.1, 0.15) is 17.1 Å². The van der Waals surface area contributed by atoms with E-state index >= 15 is 0 Å². The van der Waals surface area contributed by atoms with E-state index in [0.717, 1.165) is 12.1 Å². The topological polar surface area (TPSA) is 83.5 Å². The molecule has 3 rings (SSSR count). The second-order valence-corrected chi connectivity index (χ2v) is 6.77. The summed E-state index contributed by atoms with van der Waals surface area (Å²) in [5.74, 6) is -2.22. The molecule has 6 nitrogen and oxygen atoms in total. The van der Waals surface area contributed by atoms with Crippen molar-refractivity contribution in [2.45, 2.75) is 46.1 Å². The lowest BCUT2D eigenvalue weighted by atomic mass is 9.83. The number of rotatable bonds is 6. The lowest BCUT2D eigenvalue weighted by Gasteiger charge is -2.29. The van der Waals surface area contributed by atoms with Crippen LogP contribution in [0.15, 0.2) is 46.6 Å². The number of nitrogens with two attached hydrogens (primary N) is 1. The number of carbonyl (C=O) groups excluding carboxylic acids is 1. The van der Waals surface area contributed by atoms with E-state index in [-0.39, 0.29) is 40.5 Å². The minimum atomic E-state index is -1.01. The number of halogens is 1.